The van der Waals surface area contributed by atoms with Gasteiger partial charge in [0.1, 0.15) is 5.75 Å². The first-order chi connectivity index (χ1) is 9.76. The third kappa shape index (κ3) is 8.19. The fourth-order valence-electron chi connectivity index (χ4n) is 1.89. The molecule has 0 saturated heterocycles. The van der Waals surface area contributed by atoms with Crippen molar-refractivity contribution in [3.05, 3.63) is 29.8 Å². The molecule has 7 heteroatoms. The van der Waals surface area contributed by atoms with E-state index in [4.69, 9.17) is 5.11 Å². The van der Waals surface area contributed by atoms with Crippen molar-refractivity contribution < 1.29 is 27.8 Å². The number of aliphatic carboxylic acids is 1. The Morgan fingerprint density at radius 1 is 1.33 bits per heavy atom. The fourth-order valence-corrected chi connectivity index (χ4v) is 1.89. The van der Waals surface area contributed by atoms with Gasteiger partial charge in [0.15, 0.2) is 0 Å². The Morgan fingerprint density at radius 3 is 2.67 bits per heavy atom. The average Bonchev–Trinajstić information content (AvgIpc) is 2.32. The fraction of sp³-hybridized carbons (Fsp3) is 0.500. The summed E-state index contributed by atoms with van der Waals surface area (Å²) >= 11 is 0. The number of carbonyl (C=O) groups is 1. The lowest BCUT2D eigenvalue weighted by molar-refractivity contribution is -0.274. The number of alkyl halides is 3. The normalized spacial score (nSPS) is 11.7. The molecule has 1 aromatic carbocycles. The first kappa shape index (κ1) is 17.3. The van der Waals surface area contributed by atoms with E-state index in [9.17, 15) is 18.0 Å². The zero-order chi connectivity index (χ0) is 15.9. The van der Waals surface area contributed by atoms with Crippen molar-refractivity contribution >= 4 is 5.97 Å². The molecule has 0 aliphatic rings. The highest BCUT2D eigenvalue weighted by molar-refractivity contribution is 5.66. The van der Waals surface area contributed by atoms with Gasteiger partial charge >= 0.3 is 12.3 Å². The number of ether oxygens (including phenoxy) is 1. The van der Waals surface area contributed by atoms with Gasteiger partial charge in [-0.1, -0.05) is 12.1 Å². The van der Waals surface area contributed by atoms with E-state index in [0.717, 1.165) is 6.42 Å². The molecule has 0 saturated carbocycles. The minimum atomic E-state index is -4.69. The molecule has 0 bridgehead atoms. The van der Waals surface area contributed by atoms with Crippen LogP contribution in [-0.2, 0) is 11.3 Å². The van der Waals surface area contributed by atoms with Gasteiger partial charge in [-0.25, -0.2) is 0 Å². The van der Waals surface area contributed by atoms with E-state index >= 15 is 0 Å². The Labute approximate surface area is 121 Å². The van der Waals surface area contributed by atoms with E-state index < -0.39 is 12.3 Å². The predicted octanol–water partition coefficient (Wildman–Crippen LogP) is 3.27. The minimum absolute atomic E-state index is 0.128. The number of nitrogens with zero attached hydrogens (tertiary/aromatic N) is 1. The molecule has 4 nitrogen and oxygen atoms in total. The number of benzene rings is 1. The van der Waals surface area contributed by atoms with Crippen LogP contribution < -0.4 is 4.74 Å². The number of carboxylic acids is 1. The minimum Gasteiger partial charge on any atom is -0.481 e. The van der Waals surface area contributed by atoms with Crippen molar-refractivity contribution in [2.75, 3.05) is 13.6 Å². The molecular formula is C14H18F3NO3. The number of hydrogen-bond donors (Lipinski definition) is 1. The summed E-state index contributed by atoms with van der Waals surface area (Å²) in [5.41, 5.74) is 0.706. The lowest BCUT2D eigenvalue weighted by atomic mass is 10.2. The quantitative estimate of drug-likeness (QED) is 0.749. The van der Waals surface area contributed by atoms with Gasteiger partial charge in [-0.3, -0.25) is 4.79 Å². The van der Waals surface area contributed by atoms with E-state index in [1.807, 2.05) is 11.9 Å². The maximum absolute atomic E-state index is 12.1. The van der Waals surface area contributed by atoms with Crippen LogP contribution in [0.25, 0.3) is 0 Å². The molecule has 0 spiro atoms. The maximum Gasteiger partial charge on any atom is 0.573 e. The molecule has 0 amide bonds. The molecule has 0 fully saturated rings. The molecule has 0 unspecified atom stereocenters. The number of halogens is 3. The number of hydrogen-bond acceptors (Lipinski definition) is 3. The van der Waals surface area contributed by atoms with Crippen LogP contribution in [0.15, 0.2) is 24.3 Å². The molecule has 0 aliphatic carbocycles. The topological polar surface area (TPSA) is 49.8 Å². The van der Waals surface area contributed by atoms with Gasteiger partial charge in [0.2, 0.25) is 0 Å². The summed E-state index contributed by atoms with van der Waals surface area (Å²) in [7, 11) is 1.83. The van der Waals surface area contributed by atoms with Crippen LogP contribution in [0.4, 0.5) is 13.2 Å². The smallest absolute Gasteiger partial charge is 0.481 e. The van der Waals surface area contributed by atoms with Crippen molar-refractivity contribution in [1.29, 1.82) is 0 Å². The summed E-state index contributed by atoms with van der Waals surface area (Å²) in [5, 5.41) is 8.52. The van der Waals surface area contributed by atoms with Crippen molar-refractivity contribution in [2.24, 2.45) is 0 Å². The highest BCUT2D eigenvalue weighted by Gasteiger charge is 2.31. The monoisotopic (exact) mass is 305 g/mol. The Morgan fingerprint density at radius 2 is 2.05 bits per heavy atom. The van der Waals surface area contributed by atoms with Crippen molar-refractivity contribution in [3.63, 3.8) is 0 Å². The van der Waals surface area contributed by atoms with Crippen molar-refractivity contribution in [2.45, 2.75) is 32.2 Å². The maximum atomic E-state index is 12.1. The van der Waals surface area contributed by atoms with Gasteiger partial charge in [-0.2, -0.15) is 0 Å². The summed E-state index contributed by atoms with van der Waals surface area (Å²) in [6.07, 6.45) is -3.26. The molecule has 1 aromatic rings. The van der Waals surface area contributed by atoms with Crippen LogP contribution in [0.3, 0.4) is 0 Å². The average molecular weight is 305 g/mol. The van der Waals surface area contributed by atoms with Crippen molar-refractivity contribution in [1.82, 2.24) is 4.90 Å². The molecule has 0 aromatic heterocycles. The summed E-state index contributed by atoms with van der Waals surface area (Å²) < 4.78 is 40.2. The van der Waals surface area contributed by atoms with Crippen LogP contribution in [0.1, 0.15) is 24.8 Å². The molecule has 1 rings (SSSR count). The van der Waals surface area contributed by atoms with Crippen LogP contribution in [0.5, 0.6) is 5.75 Å². The molecule has 0 atom stereocenters. The highest BCUT2D eigenvalue weighted by Crippen LogP contribution is 2.23. The highest BCUT2D eigenvalue weighted by atomic mass is 19.4. The van der Waals surface area contributed by atoms with Gasteiger partial charge in [0.25, 0.3) is 0 Å². The van der Waals surface area contributed by atoms with E-state index in [0.29, 0.717) is 25.1 Å². The molecule has 118 valence electrons. The standard InChI is InChI=1S/C14H18F3NO3/c1-18(8-3-2-7-13(19)20)10-11-5-4-6-12(9-11)21-14(15,16)17/h4-6,9H,2-3,7-8,10H2,1H3,(H,19,20). The van der Waals surface area contributed by atoms with Crippen LogP contribution >= 0.6 is 0 Å². The lowest BCUT2D eigenvalue weighted by Gasteiger charge is -2.17. The van der Waals surface area contributed by atoms with Crippen molar-refractivity contribution in [3.8, 4) is 5.75 Å². The molecular weight excluding hydrogens is 287 g/mol. The largest absolute Gasteiger partial charge is 0.573 e. The Kier molecular flexibility index (Phi) is 6.48. The molecule has 0 radical (unpaired) electrons. The second kappa shape index (κ2) is 7.87. The number of rotatable bonds is 8. The van der Waals surface area contributed by atoms with Crippen LogP contribution in [0.2, 0.25) is 0 Å². The van der Waals surface area contributed by atoms with E-state index in [2.05, 4.69) is 4.74 Å². The van der Waals surface area contributed by atoms with Crippen LogP contribution in [-0.4, -0.2) is 35.9 Å². The molecule has 0 heterocycles. The number of unbranched alkanes of at least 4 members (excludes halogenated alkanes) is 1. The Bertz CT molecular complexity index is 463. The van der Waals surface area contributed by atoms with E-state index in [1.54, 1.807) is 6.07 Å². The second-order valence-corrected chi connectivity index (χ2v) is 4.78. The summed E-state index contributed by atoms with van der Waals surface area (Å²) in [6, 6.07) is 5.83. The van der Waals surface area contributed by atoms with Gasteiger partial charge in [0.05, 0.1) is 0 Å². The molecule has 21 heavy (non-hydrogen) atoms. The zero-order valence-corrected chi connectivity index (χ0v) is 11.7. The Balaban J connectivity index is 2.43. The first-order valence-corrected chi connectivity index (χ1v) is 6.51. The third-order valence-corrected chi connectivity index (χ3v) is 2.76. The van der Waals surface area contributed by atoms with E-state index in [1.165, 1.54) is 18.2 Å². The van der Waals surface area contributed by atoms with Gasteiger partial charge in [-0.15, -0.1) is 13.2 Å². The van der Waals surface area contributed by atoms with Gasteiger partial charge in [-0.05, 0) is 44.1 Å². The number of carboxylic acid groups (broad SMARTS) is 1. The summed E-state index contributed by atoms with van der Waals surface area (Å²) in [4.78, 5) is 12.3. The lowest BCUT2D eigenvalue weighted by Crippen LogP contribution is -2.20. The summed E-state index contributed by atoms with van der Waals surface area (Å²) in [6.45, 7) is 1.15. The van der Waals surface area contributed by atoms with E-state index in [-0.39, 0.29) is 12.2 Å². The predicted molar refractivity (Wildman–Crippen MR) is 70.9 cm³/mol. The SMILES string of the molecule is CN(CCCCC(=O)O)Cc1cccc(OC(F)(F)F)c1. The first-order valence-electron chi connectivity index (χ1n) is 6.51. The zero-order valence-electron chi connectivity index (χ0n) is 11.7. The molecule has 0 aliphatic heterocycles. The molecule has 1 N–H and O–H groups in total. The third-order valence-electron chi connectivity index (χ3n) is 2.76. The van der Waals surface area contributed by atoms with Gasteiger partial charge in [0, 0.05) is 13.0 Å². The van der Waals surface area contributed by atoms with Gasteiger partial charge < -0.3 is 14.7 Å². The van der Waals surface area contributed by atoms with Crippen LogP contribution in [0, 0.1) is 0 Å². The summed E-state index contributed by atoms with van der Waals surface area (Å²) in [5.74, 6) is -1.06. The second-order valence-electron chi connectivity index (χ2n) is 4.78. The Hall–Kier alpha value is -1.76.